The number of hydrogen-bond acceptors (Lipinski definition) is 3. The van der Waals surface area contributed by atoms with Gasteiger partial charge in [-0.3, -0.25) is 4.79 Å². The Morgan fingerprint density at radius 1 is 1.34 bits per heavy atom. The standard InChI is InChI=1S/C23H35FN4O/c1-23(2,3)21(25)15-28-10-7-16(8-11-28)12-22(29)26-9-6-17-14-27-20-5-4-18(24)13-19(17)20/h4-5,13-14,16,21,27H,6-12,15,25H2,1-3H3,(H,26,29). The van der Waals surface area contributed by atoms with Gasteiger partial charge in [0.1, 0.15) is 5.82 Å². The molecule has 1 aliphatic heterocycles. The number of nitrogens with zero attached hydrogens (tertiary/aromatic N) is 1. The molecule has 2 aromatic rings. The van der Waals surface area contributed by atoms with E-state index in [0.717, 1.165) is 48.9 Å². The number of halogens is 1. The Labute approximate surface area is 173 Å². The number of carbonyl (C=O) groups excluding carboxylic acids is 1. The van der Waals surface area contributed by atoms with Gasteiger partial charge in [-0.1, -0.05) is 20.8 Å². The Morgan fingerprint density at radius 2 is 2.07 bits per heavy atom. The normalized spacial score (nSPS) is 17.6. The number of aromatic nitrogens is 1. The molecule has 6 heteroatoms. The molecule has 4 N–H and O–H groups in total. The predicted molar refractivity (Wildman–Crippen MR) is 116 cm³/mol. The van der Waals surface area contributed by atoms with Gasteiger partial charge in [-0.15, -0.1) is 0 Å². The summed E-state index contributed by atoms with van der Waals surface area (Å²) in [5, 5.41) is 3.92. The number of fused-ring (bicyclic) bond motifs is 1. The third-order valence-corrected chi connectivity index (χ3v) is 6.19. The zero-order valence-electron chi connectivity index (χ0n) is 17.9. The molecule has 29 heavy (non-hydrogen) atoms. The molecule has 1 amide bonds. The van der Waals surface area contributed by atoms with Crippen LogP contribution in [0.3, 0.4) is 0 Å². The van der Waals surface area contributed by atoms with Crippen LogP contribution >= 0.6 is 0 Å². The van der Waals surface area contributed by atoms with Crippen LogP contribution < -0.4 is 11.1 Å². The molecule has 1 unspecified atom stereocenters. The summed E-state index contributed by atoms with van der Waals surface area (Å²) in [4.78, 5) is 17.9. The van der Waals surface area contributed by atoms with E-state index in [1.807, 2.05) is 6.20 Å². The Morgan fingerprint density at radius 3 is 2.76 bits per heavy atom. The number of nitrogens with two attached hydrogens (primary N) is 1. The van der Waals surface area contributed by atoms with E-state index in [0.29, 0.717) is 25.3 Å². The van der Waals surface area contributed by atoms with Gasteiger partial charge in [0.15, 0.2) is 0 Å². The molecule has 1 saturated heterocycles. The molecule has 1 aromatic heterocycles. The highest BCUT2D eigenvalue weighted by Gasteiger charge is 2.26. The highest BCUT2D eigenvalue weighted by atomic mass is 19.1. The second-order valence-electron chi connectivity index (χ2n) is 9.52. The largest absolute Gasteiger partial charge is 0.361 e. The summed E-state index contributed by atoms with van der Waals surface area (Å²) >= 11 is 0. The number of hydrogen-bond donors (Lipinski definition) is 3. The summed E-state index contributed by atoms with van der Waals surface area (Å²) in [7, 11) is 0. The Bertz CT molecular complexity index is 818. The molecule has 0 aliphatic carbocycles. The number of likely N-dealkylation sites (tertiary alicyclic amines) is 1. The van der Waals surface area contributed by atoms with Crippen molar-refractivity contribution in [2.45, 2.75) is 52.5 Å². The molecule has 2 heterocycles. The minimum Gasteiger partial charge on any atom is -0.361 e. The van der Waals surface area contributed by atoms with Gasteiger partial charge in [0, 0.05) is 42.7 Å². The van der Waals surface area contributed by atoms with Crippen molar-refractivity contribution in [1.29, 1.82) is 0 Å². The molecule has 5 nitrogen and oxygen atoms in total. The van der Waals surface area contributed by atoms with Crippen molar-refractivity contribution in [3.05, 3.63) is 35.8 Å². The number of H-pyrrole nitrogens is 1. The number of rotatable bonds is 7. The smallest absolute Gasteiger partial charge is 0.220 e. The van der Waals surface area contributed by atoms with Gasteiger partial charge in [0.05, 0.1) is 0 Å². The van der Waals surface area contributed by atoms with Crippen LogP contribution in [0, 0.1) is 17.2 Å². The summed E-state index contributed by atoms with van der Waals surface area (Å²) in [6.07, 6.45) is 5.27. The summed E-state index contributed by atoms with van der Waals surface area (Å²) in [5.74, 6) is 0.317. The maximum Gasteiger partial charge on any atom is 0.220 e. The summed E-state index contributed by atoms with van der Waals surface area (Å²) in [6.45, 7) is 10.1. The van der Waals surface area contributed by atoms with Gasteiger partial charge in [-0.2, -0.15) is 0 Å². The quantitative estimate of drug-likeness (QED) is 0.664. The van der Waals surface area contributed by atoms with Crippen LogP contribution in [0.5, 0.6) is 0 Å². The van der Waals surface area contributed by atoms with Crippen LogP contribution in [-0.2, 0) is 11.2 Å². The fourth-order valence-electron chi connectivity index (χ4n) is 3.95. The topological polar surface area (TPSA) is 74.2 Å². The number of piperidine rings is 1. The predicted octanol–water partition coefficient (Wildman–Crippen LogP) is 3.44. The van der Waals surface area contributed by atoms with Gasteiger partial charge in [0.2, 0.25) is 5.91 Å². The van der Waals surface area contributed by atoms with Gasteiger partial charge >= 0.3 is 0 Å². The van der Waals surface area contributed by atoms with E-state index < -0.39 is 0 Å². The number of nitrogens with one attached hydrogen (secondary N) is 2. The first-order valence-electron chi connectivity index (χ1n) is 10.7. The van der Waals surface area contributed by atoms with E-state index in [1.165, 1.54) is 6.07 Å². The van der Waals surface area contributed by atoms with Crippen LogP contribution in [0.15, 0.2) is 24.4 Å². The molecule has 0 bridgehead atoms. The molecule has 1 aliphatic rings. The molecule has 0 spiro atoms. The molecular weight excluding hydrogens is 367 g/mol. The van der Waals surface area contributed by atoms with Crippen molar-refractivity contribution in [2.75, 3.05) is 26.2 Å². The first-order chi connectivity index (χ1) is 13.7. The highest BCUT2D eigenvalue weighted by Crippen LogP contribution is 2.24. The van der Waals surface area contributed by atoms with E-state index in [2.05, 4.69) is 36.0 Å². The Balaban J connectivity index is 1.38. The first-order valence-corrected chi connectivity index (χ1v) is 10.7. The van der Waals surface area contributed by atoms with E-state index in [4.69, 9.17) is 5.73 Å². The fraction of sp³-hybridized carbons (Fsp3) is 0.609. The number of aromatic amines is 1. The van der Waals surface area contributed by atoms with Crippen LogP contribution in [0.25, 0.3) is 10.9 Å². The van der Waals surface area contributed by atoms with Crippen molar-refractivity contribution in [1.82, 2.24) is 15.2 Å². The van der Waals surface area contributed by atoms with Gasteiger partial charge < -0.3 is 20.9 Å². The first kappa shape index (κ1) is 21.8. The Hall–Kier alpha value is -1.92. The molecule has 160 valence electrons. The van der Waals surface area contributed by atoms with Crippen LogP contribution in [-0.4, -0.2) is 48.0 Å². The van der Waals surface area contributed by atoms with Gasteiger partial charge in [0.25, 0.3) is 0 Å². The second kappa shape index (κ2) is 9.26. The molecule has 0 saturated carbocycles. The number of amides is 1. The third-order valence-electron chi connectivity index (χ3n) is 6.19. The van der Waals surface area contributed by atoms with Crippen LogP contribution in [0.2, 0.25) is 0 Å². The molecule has 1 aromatic carbocycles. The summed E-state index contributed by atoms with van der Waals surface area (Å²) in [6, 6.07) is 4.91. The molecule has 3 rings (SSSR count). The summed E-state index contributed by atoms with van der Waals surface area (Å²) < 4.78 is 13.5. The Kier molecular flexibility index (Phi) is 6.96. The van der Waals surface area contributed by atoms with Gasteiger partial charge in [-0.25, -0.2) is 4.39 Å². The minimum atomic E-state index is -0.239. The molecule has 0 radical (unpaired) electrons. The van der Waals surface area contributed by atoms with E-state index >= 15 is 0 Å². The SMILES string of the molecule is CC(C)(C)C(N)CN1CCC(CC(=O)NCCc2c[nH]c3ccc(F)cc23)CC1. The van der Waals surface area contributed by atoms with Crippen LogP contribution in [0.4, 0.5) is 4.39 Å². The lowest BCUT2D eigenvalue weighted by Gasteiger charge is -2.36. The van der Waals surface area contributed by atoms with Crippen LogP contribution in [0.1, 0.15) is 45.6 Å². The number of benzene rings is 1. The average Bonchev–Trinajstić information content (AvgIpc) is 3.05. The molecule has 1 fully saturated rings. The zero-order chi connectivity index (χ0) is 21.0. The van der Waals surface area contributed by atoms with Crippen molar-refractivity contribution in [3.8, 4) is 0 Å². The second-order valence-corrected chi connectivity index (χ2v) is 9.52. The maximum atomic E-state index is 13.5. The van der Waals surface area contributed by atoms with Gasteiger partial charge in [-0.05, 0) is 67.4 Å². The lowest BCUT2D eigenvalue weighted by Crippen LogP contribution is -2.47. The van der Waals surface area contributed by atoms with E-state index in [9.17, 15) is 9.18 Å². The lowest BCUT2D eigenvalue weighted by atomic mass is 9.86. The van der Waals surface area contributed by atoms with Crippen molar-refractivity contribution >= 4 is 16.8 Å². The maximum absolute atomic E-state index is 13.5. The molecule has 1 atom stereocenters. The van der Waals surface area contributed by atoms with E-state index in [1.54, 1.807) is 12.1 Å². The van der Waals surface area contributed by atoms with Crippen molar-refractivity contribution in [3.63, 3.8) is 0 Å². The summed E-state index contributed by atoms with van der Waals surface area (Å²) in [5.41, 5.74) is 8.38. The van der Waals surface area contributed by atoms with Crippen molar-refractivity contribution < 1.29 is 9.18 Å². The van der Waals surface area contributed by atoms with Crippen molar-refractivity contribution in [2.24, 2.45) is 17.1 Å². The monoisotopic (exact) mass is 402 g/mol. The lowest BCUT2D eigenvalue weighted by molar-refractivity contribution is -0.122. The minimum absolute atomic E-state index is 0.112. The highest BCUT2D eigenvalue weighted by molar-refractivity contribution is 5.83. The zero-order valence-corrected chi connectivity index (χ0v) is 17.9. The average molecular weight is 403 g/mol. The third kappa shape index (κ3) is 6.03. The number of carbonyl (C=O) groups is 1. The van der Waals surface area contributed by atoms with E-state index in [-0.39, 0.29) is 23.2 Å². The molecular formula is C23H35FN4O. The fourth-order valence-corrected chi connectivity index (χ4v) is 3.95.